The molecule has 0 aliphatic rings. The number of hydrogen-bond donors (Lipinski definition) is 3. The quantitative estimate of drug-likeness (QED) is 0.381. The van der Waals surface area contributed by atoms with E-state index in [-0.39, 0.29) is 6.03 Å². The number of aryl methyl sites for hydroxylation is 1. The number of nitrogens with zero attached hydrogens (tertiary/aromatic N) is 1. The number of aromatic nitrogens is 1. The number of carbonyl (C=O) groups excluding carboxylic acids is 3. The summed E-state index contributed by atoms with van der Waals surface area (Å²) in [5.74, 6) is 0.607. The van der Waals surface area contributed by atoms with E-state index < -0.39 is 11.2 Å². The molecule has 0 saturated heterocycles. The minimum atomic E-state index is -0.588. The number of hydrogen-bond acceptors (Lipinski definition) is 6. The fourth-order valence-electron chi connectivity index (χ4n) is 2.48. The van der Waals surface area contributed by atoms with Crippen LogP contribution in [0.4, 0.5) is 10.6 Å². The first-order valence-corrected chi connectivity index (χ1v) is 10.1. The maximum Gasteiger partial charge on any atom is 0.320 e. The van der Waals surface area contributed by atoms with Gasteiger partial charge >= 0.3 is 6.03 Å². The topological polar surface area (TPSA) is 123 Å². The van der Waals surface area contributed by atoms with Crippen molar-refractivity contribution in [3.8, 4) is 5.75 Å². The van der Waals surface area contributed by atoms with Crippen LogP contribution in [-0.4, -0.2) is 40.9 Å². The molecular formula is C20H24N4O4S. The highest BCUT2D eigenvalue weighted by molar-refractivity contribution is 8.13. The number of nitrogens with one attached hydrogen (secondary N) is 2. The summed E-state index contributed by atoms with van der Waals surface area (Å²) in [6, 6.07) is 10.5. The fourth-order valence-corrected chi connectivity index (χ4v) is 3.03. The van der Waals surface area contributed by atoms with E-state index in [4.69, 9.17) is 10.5 Å². The molecule has 0 radical (unpaired) electrons. The number of urea groups is 1. The predicted molar refractivity (Wildman–Crippen MR) is 114 cm³/mol. The molecule has 0 aliphatic heterocycles. The Morgan fingerprint density at radius 1 is 1.24 bits per heavy atom. The van der Waals surface area contributed by atoms with Gasteiger partial charge in [0.1, 0.15) is 18.2 Å². The minimum absolute atomic E-state index is 0.292. The highest BCUT2D eigenvalue weighted by atomic mass is 32.2. The van der Waals surface area contributed by atoms with E-state index in [1.54, 1.807) is 18.3 Å². The molecule has 0 bridgehead atoms. The van der Waals surface area contributed by atoms with Crippen molar-refractivity contribution in [2.24, 2.45) is 5.73 Å². The van der Waals surface area contributed by atoms with Gasteiger partial charge < -0.3 is 15.8 Å². The monoisotopic (exact) mass is 416 g/mol. The molecule has 9 heteroatoms. The van der Waals surface area contributed by atoms with Crippen LogP contribution in [0, 0.1) is 0 Å². The summed E-state index contributed by atoms with van der Waals surface area (Å²) in [6.07, 6.45) is 2.89. The third-order valence-corrected chi connectivity index (χ3v) is 4.85. The highest BCUT2D eigenvalue weighted by Crippen LogP contribution is 2.17. The minimum Gasteiger partial charge on any atom is -0.492 e. The predicted octanol–water partition coefficient (Wildman–Crippen LogP) is 2.16. The zero-order valence-electron chi connectivity index (χ0n) is 16.1. The largest absolute Gasteiger partial charge is 0.492 e. The number of amides is 3. The lowest BCUT2D eigenvalue weighted by molar-refractivity contribution is -0.117. The molecule has 8 nitrogen and oxygen atoms in total. The number of primary amides is 1. The van der Waals surface area contributed by atoms with Crippen molar-refractivity contribution in [2.45, 2.75) is 25.0 Å². The Bertz CT molecular complexity index is 829. The first-order valence-electron chi connectivity index (χ1n) is 9.11. The van der Waals surface area contributed by atoms with Crippen molar-refractivity contribution >= 4 is 35.1 Å². The molecule has 1 unspecified atom stereocenters. The van der Waals surface area contributed by atoms with Crippen LogP contribution < -0.4 is 21.1 Å². The second kappa shape index (κ2) is 11.7. The van der Waals surface area contributed by atoms with Crippen molar-refractivity contribution in [2.75, 3.05) is 18.5 Å². The highest BCUT2D eigenvalue weighted by Gasteiger charge is 2.16. The standard InChI is InChI=1S/C20H24N4O4S/c1-2-14-7-8-22-18(12-14)24-20(27)23-9-10-28-16-5-3-15(4-6-16)11-17(19(21)26)29-13-25/h3-8,12-13,17H,2,9-11H2,1H3,(H2,21,26)(H2,22,23,24,27). The van der Waals surface area contributed by atoms with Crippen LogP contribution in [0.2, 0.25) is 0 Å². The second-order valence-electron chi connectivity index (χ2n) is 6.10. The lowest BCUT2D eigenvalue weighted by Gasteiger charge is -2.11. The number of anilines is 1. The first kappa shape index (κ1) is 22.2. The lowest BCUT2D eigenvalue weighted by Crippen LogP contribution is -2.32. The summed E-state index contributed by atoms with van der Waals surface area (Å²) >= 11 is 0.869. The van der Waals surface area contributed by atoms with Gasteiger partial charge in [0.05, 0.1) is 11.8 Å². The number of nitrogens with two attached hydrogens (primary N) is 1. The number of thioether (sulfide) groups is 1. The first-order chi connectivity index (χ1) is 14.0. The van der Waals surface area contributed by atoms with Gasteiger partial charge in [0.15, 0.2) is 5.62 Å². The zero-order chi connectivity index (χ0) is 21.1. The van der Waals surface area contributed by atoms with E-state index in [0.717, 1.165) is 29.3 Å². The van der Waals surface area contributed by atoms with E-state index in [1.165, 1.54) is 0 Å². The van der Waals surface area contributed by atoms with Crippen LogP contribution in [-0.2, 0) is 22.4 Å². The van der Waals surface area contributed by atoms with Crippen LogP contribution in [0.1, 0.15) is 18.1 Å². The van der Waals surface area contributed by atoms with Gasteiger partial charge in [0.2, 0.25) is 5.91 Å². The van der Waals surface area contributed by atoms with E-state index in [1.807, 2.05) is 31.2 Å². The summed E-state index contributed by atoms with van der Waals surface area (Å²) in [7, 11) is 0. The molecule has 2 rings (SSSR count). The summed E-state index contributed by atoms with van der Waals surface area (Å²) in [4.78, 5) is 37.9. The number of ether oxygens (including phenoxy) is 1. The Hall–Kier alpha value is -3.07. The molecule has 154 valence electrons. The Labute approximate surface area is 173 Å². The van der Waals surface area contributed by atoms with Crippen molar-refractivity contribution in [3.63, 3.8) is 0 Å². The van der Waals surface area contributed by atoms with Crippen LogP contribution in [0.3, 0.4) is 0 Å². The van der Waals surface area contributed by atoms with E-state index in [0.29, 0.717) is 36.8 Å². The van der Waals surface area contributed by atoms with Gasteiger partial charge in [-0.05, 0) is 48.2 Å². The maximum absolute atomic E-state index is 11.9. The molecule has 1 atom stereocenters. The molecule has 29 heavy (non-hydrogen) atoms. The summed E-state index contributed by atoms with van der Waals surface area (Å²) in [5, 5.41) is 4.79. The van der Waals surface area contributed by atoms with E-state index in [2.05, 4.69) is 15.6 Å². The van der Waals surface area contributed by atoms with Gasteiger partial charge in [-0.3, -0.25) is 14.9 Å². The van der Waals surface area contributed by atoms with Crippen molar-refractivity contribution in [1.29, 1.82) is 0 Å². The van der Waals surface area contributed by atoms with Gasteiger partial charge in [-0.25, -0.2) is 9.78 Å². The molecule has 1 aromatic heterocycles. The maximum atomic E-state index is 11.9. The Kier molecular flexibility index (Phi) is 8.97. The van der Waals surface area contributed by atoms with Crippen molar-refractivity contribution in [1.82, 2.24) is 10.3 Å². The molecule has 0 aliphatic carbocycles. The zero-order valence-corrected chi connectivity index (χ0v) is 16.9. The Balaban J connectivity index is 1.72. The van der Waals surface area contributed by atoms with Gasteiger partial charge in [-0.2, -0.15) is 0 Å². The smallest absolute Gasteiger partial charge is 0.320 e. The number of rotatable bonds is 11. The van der Waals surface area contributed by atoms with Crippen molar-refractivity contribution < 1.29 is 19.1 Å². The molecule has 4 N–H and O–H groups in total. The number of benzene rings is 1. The third kappa shape index (κ3) is 7.82. The molecule has 0 spiro atoms. The Morgan fingerprint density at radius 2 is 2.00 bits per heavy atom. The van der Waals surface area contributed by atoms with Crippen molar-refractivity contribution in [3.05, 3.63) is 53.7 Å². The third-order valence-electron chi connectivity index (χ3n) is 4.01. The van der Waals surface area contributed by atoms with E-state index >= 15 is 0 Å². The summed E-state index contributed by atoms with van der Waals surface area (Å²) < 4.78 is 5.59. The fraction of sp³-hybridized carbons (Fsp3) is 0.300. The van der Waals surface area contributed by atoms with Gasteiger partial charge in [0.25, 0.3) is 0 Å². The molecule has 2 aromatic rings. The summed E-state index contributed by atoms with van der Waals surface area (Å²) in [6.45, 7) is 2.64. The van der Waals surface area contributed by atoms with E-state index in [9.17, 15) is 14.4 Å². The number of pyridine rings is 1. The van der Waals surface area contributed by atoms with Gasteiger partial charge in [-0.15, -0.1) is 0 Å². The van der Waals surface area contributed by atoms with Crippen LogP contribution in [0.15, 0.2) is 42.6 Å². The SMILES string of the molecule is CCc1ccnc(NC(=O)NCCOc2ccc(CC(SC=O)C(N)=O)cc2)c1. The molecule has 3 amide bonds. The second-order valence-corrected chi connectivity index (χ2v) is 7.14. The molecule has 1 aromatic carbocycles. The van der Waals surface area contributed by atoms with Gasteiger partial charge in [0, 0.05) is 6.20 Å². The van der Waals surface area contributed by atoms with Crippen LogP contribution in [0.25, 0.3) is 0 Å². The van der Waals surface area contributed by atoms with Crippen LogP contribution >= 0.6 is 11.8 Å². The van der Waals surface area contributed by atoms with Crippen LogP contribution in [0.5, 0.6) is 5.75 Å². The average molecular weight is 417 g/mol. The molecular weight excluding hydrogens is 392 g/mol. The summed E-state index contributed by atoms with van der Waals surface area (Å²) in [5.41, 5.74) is 7.86. The Morgan fingerprint density at radius 3 is 2.66 bits per heavy atom. The normalized spacial score (nSPS) is 11.3. The molecule has 0 saturated carbocycles. The van der Waals surface area contributed by atoms with Gasteiger partial charge in [-0.1, -0.05) is 30.8 Å². The molecule has 1 heterocycles. The lowest BCUT2D eigenvalue weighted by atomic mass is 10.1. The molecule has 0 fully saturated rings. The average Bonchev–Trinajstić information content (AvgIpc) is 2.72. The number of carbonyl (C=O) groups is 3.